The first-order chi connectivity index (χ1) is 13.2. The molecule has 0 unspecified atom stereocenters. The van der Waals surface area contributed by atoms with Crippen molar-refractivity contribution < 1.29 is 4.74 Å². The van der Waals surface area contributed by atoms with Gasteiger partial charge in [0.05, 0.1) is 29.5 Å². The van der Waals surface area contributed by atoms with Crippen LogP contribution in [0, 0.1) is 0 Å². The molecule has 0 aliphatic rings. The molecule has 6 nitrogen and oxygen atoms in total. The van der Waals surface area contributed by atoms with Crippen LogP contribution in [-0.2, 0) is 12.8 Å². The number of aromatic nitrogens is 4. The summed E-state index contributed by atoms with van der Waals surface area (Å²) >= 11 is 1.47. The normalized spacial score (nSPS) is 11.0. The molecule has 4 aromatic rings. The summed E-state index contributed by atoms with van der Waals surface area (Å²) in [4.78, 5) is 22.4. The Kier molecular flexibility index (Phi) is 4.68. The molecule has 0 bridgehead atoms. The number of benzene rings is 2. The third-order valence-corrected chi connectivity index (χ3v) is 5.26. The van der Waals surface area contributed by atoms with E-state index in [1.54, 1.807) is 23.9 Å². The van der Waals surface area contributed by atoms with Crippen LogP contribution in [0.1, 0.15) is 5.82 Å². The fourth-order valence-corrected chi connectivity index (χ4v) is 3.91. The summed E-state index contributed by atoms with van der Waals surface area (Å²) in [5, 5.41) is 1.18. The Morgan fingerprint density at radius 2 is 1.89 bits per heavy atom. The Balaban J connectivity index is 1.90. The molecule has 0 saturated carbocycles. The van der Waals surface area contributed by atoms with Gasteiger partial charge in [0.1, 0.15) is 11.6 Å². The zero-order chi connectivity index (χ0) is 18.8. The number of hydrogen-bond donors (Lipinski definition) is 0. The second-order valence-electron chi connectivity index (χ2n) is 5.97. The van der Waals surface area contributed by atoms with Crippen LogP contribution in [0.15, 0.2) is 70.9 Å². The Hall–Kier alpha value is -3.06. The van der Waals surface area contributed by atoms with Crippen molar-refractivity contribution in [1.82, 2.24) is 19.1 Å². The summed E-state index contributed by atoms with van der Waals surface area (Å²) in [5.74, 6) is 2.13. The van der Waals surface area contributed by atoms with Crippen LogP contribution in [0.4, 0.5) is 0 Å². The number of rotatable bonds is 5. The highest BCUT2D eigenvalue weighted by Crippen LogP contribution is 2.28. The van der Waals surface area contributed by atoms with Gasteiger partial charge in [-0.3, -0.25) is 9.36 Å². The van der Waals surface area contributed by atoms with Gasteiger partial charge in [0, 0.05) is 19.4 Å². The molecule has 0 amide bonds. The predicted molar refractivity (Wildman–Crippen MR) is 107 cm³/mol. The van der Waals surface area contributed by atoms with E-state index in [0.29, 0.717) is 33.2 Å². The number of ether oxygens (including phenoxy) is 1. The number of nitrogens with zero attached hydrogens (tertiary/aromatic N) is 4. The second kappa shape index (κ2) is 7.28. The Morgan fingerprint density at radius 1 is 1.11 bits per heavy atom. The molecule has 0 aliphatic heterocycles. The van der Waals surface area contributed by atoms with Crippen molar-refractivity contribution in [2.75, 3.05) is 7.11 Å². The zero-order valence-corrected chi connectivity index (χ0v) is 15.8. The number of para-hydroxylation sites is 3. The van der Waals surface area contributed by atoms with Crippen LogP contribution < -0.4 is 10.3 Å². The van der Waals surface area contributed by atoms with Gasteiger partial charge in [0.15, 0.2) is 5.16 Å². The van der Waals surface area contributed by atoms with Crippen molar-refractivity contribution >= 4 is 22.7 Å². The lowest BCUT2D eigenvalue weighted by Crippen LogP contribution is -2.22. The van der Waals surface area contributed by atoms with Crippen molar-refractivity contribution in [2.24, 2.45) is 7.05 Å². The lowest BCUT2D eigenvalue weighted by molar-refractivity contribution is 0.411. The first-order valence-corrected chi connectivity index (χ1v) is 9.42. The first kappa shape index (κ1) is 17.4. The molecule has 0 aliphatic carbocycles. The minimum absolute atomic E-state index is 0.118. The number of hydrogen-bond acceptors (Lipinski definition) is 5. The number of fused-ring (bicyclic) bond motifs is 1. The molecule has 0 atom stereocenters. The van der Waals surface area contributed by atoms with Gasteiger partial charge in [-0.05, 0) is 24.3 Å². The third kappa shape index (κ3) is 3.21. The topological polar surface area (TPSA) is 61.9 Å². The van der Waals surface area contributed by atoms with Crippen LogP contribution >= 0.6 is 11.8 Å². The fraction of sp³-hybridized carbons (Fsp3) is 0.150. The maximum atomic E-state index is 13.3. The van der Waals surface area contributed by atoms with Crippen molar-refractivity contribution in [1.29, 1.82) is 0 Å². The van der Waals surface area contributed by atoms with Gasteiger partial charge in [0.2, 0.25) is 0 Å². The highest BCUT2D eigenvalue weighted by atomic mass is 32.2. The molecule has 0 fully saturated rings. The van der Waals surface area contributed by atoms with Crippen LogP contribution in [0.25, 0.3) is 16.6 Å². The number of thioether (sulfide) groups is 1. The molecular weight excluding hydrogens is 360 g/mol. The van der Waals surface area contributed by atoms with E-state index in [2.05, 4.69) is 4.98 Å². The first-order valence-electron chi connectivity index (χ1n) is 8.43. The van der Waals surface area contributed by atoms with Gasteiger partial charge in [-0.15, -0.1) is 0 Å². The molecule has 0 spiro atoms. The average molecular weight is 378 g/mol. The van der Waals surface area contributed by atoms with Crippen LogP contribution in [0.5, 0.6) is 5.75 Å². The quantitative estimate of drug-likeness (QED) is 0.393. The fourth-order valence-electron chi connectivity index (χ4n) is 2.90. The van der Waals surface area contributed by atoms with E-state index < -0.39 is 0 Å². The average Bonchev–Trinajstić information content (AvgIpc) is 3.11. The van der Waals surface area contributed by atoms with Gasteiger partial charge in [-0.2, -0.15) is 0 Å². The van der Waals surface area contributed by atoms with Gasteiger partial charge in [-0.1, -0.05) is 36.0 Å². The summed E-state index contributed by atoms with van der Waals surface area (Å²) in [6.07, 6.45) is 3.66. The van der Waals surface area contributed by atoms with Crippen LogP contribution in [-0.4, -0.2) is 26.2 Å². The molecular formula is C20H18N4O2S. The molecule has 0 saturated heterocycles. The SMILES string of the molecule is COc1ccccc1-n1c(SCc2nccn2C)nc2ccccc2c1=O. The van der Waals surface area contributed by atoms with E-state index in [1.807, 2.05) is 60.3 Å². The van der Waals surface area contributed by atoms with Gasteiger partial charge < -0.3 is 9.30 Å². The van der Waals surface area contributed by atoms with Gasteiger partial charge >= 0.3 is 0 Å². The lowest BCUT2D eigenvalue weighted by Gasteiger charge is -2.15. The number of imidazole rings is 1. The molecule has 27 heavy (non-hydrogen) atoms. The highest BCUT2D eigenvalue weighted by molar-refractivity contribution is 7.98. The van der Waals surface area contributed by atoms with Crippen molar-refractivity contribution in [3.8, 4) is 11.4 Å². The second-order valence-corrected chi connectivity index (χ2v) is 6.91. The molecule has 0 N–H and O–H groups in total. The monoisotopic (exact) mass is 378 g/mol. The van der Waals surface area contributed by atoms with E-state index in [9.17, 15) is 4.79 Å². The molecule has 2 aromatic carbocycles. The van der Waals surface area contributed by atoms with E-state index in [4.69, 9.17) is 9.72 Å². The Bertz CT molecular complexity index is 1170. The standard InChI is InChI=1S/C20H18N4O2S/c1-23-12-11-21-18(23)13-27-20-22-15-8-4-3-7-14(15)19(25)24(20)16-9-5-6-10-17(16)26-2/h3-12H,13H2,1-2H3. The molecule has 2 heterocycles. The maximum Gasteiger partial charge on any atom is 0.266 e. The van der Waals surface area contributed by atoms with Crippen molar-refractivity contribution in [3.63, 3.8) is 0 Å². The molecule has 2 aromatic heterocycles. The van der Waals surface area contributed by atoms with Crippen LogP contribution in [0.2, 0.25) is 0 Å². The summed E-state index contributed by atoms with van der Waals surface area (Å²) in [6, 6.07) is 14.8. The van der Waals surface area contributed by atoms with E-state index in [-0.39, 0.29) is 5.56 Å². The zero-order valence-electron chi connectivity index (χ0n) is 15.0. The van der Waals surface area contributed by atoms with E-state index in [0.717, 1.165) is 5.82 Å². The largest absolute Gasteiger partial charge is 0.495 e. The minimum Gasteiger partial charge on any atom is -0.495 e. The van der Waals surface area contributed by atoms with Crippen molar-refractivity contribution in [3.05, 3.63) is 77.1 Å². The smallest absolute Gasteiger partial charge is 0.266 e. The Labute approximate surface area is 160 Å². The number of aryl methyl sites for hydroxylation is 1. The Morgan fingerprint density at radius 3 is 2.67 bits per heavy atom. The summed E-state index contributed by atoms with van der Waals surface area (Å²) in [6.45, 7) is 0. The summed E-state index contributed by atoms with van der Waals surface area (Å²) < 4.78 is 9.06. The van der Waals surface area contributed by atoms with Gasteiger partial charge in [0.25, 0.3) is 5.56 Å². The predicted octanol–water partition coefficient (Wildman–Crippen LogP) is 3.42. The summed E-state index contributed by atoms with van der Waals surface area (Å²) in [7, 11) is 3.54. The number of methoxy groups -OCH3 is 1. The third-order valence-electron chi connectivity index (χ3n) is 4.32. The molecule has 4 rings (SSSR count). The van der Waals surface area contributed by atoms with Crippen molar-refractivity contribution in [2.45, 2.75) is 10.9 Å². The molecule has 7 heteroatoms. The molecule has 0 radical (unpaired) electrons. The minimum atomic E-state index is -0.118. The lowest BCUT2D eigenvalue weighted by atomic mass is 10.2. The van der Waals surface area contributed by atoms with E-state index >= 15 is 0 Å². The summed E-state index contributed by atoms with van der Waals surface area (Å²) in [5.41, 5.74) is 1.23. The van der Waals surface area contributed by atoms with E-state index in [1.165, 1.54) is 11.8 Å². The van der Waals surface area contributed by atoms with Gasteiger partial charge in [-0.25, -0.2) is 9.97 Å². The highest BCUT2D eigenvalue weighted by Gasteiger charge is 2.16. The molecule has 136 valence electrons. The maximum absolute atomic E-state index is 13.3. The van der Waals surface area contributed by atoms with Crippen LogP contribution in [0.3, 0.4) is 0 Å².